The fourth-order valence-electron chi connectivity index (χ4n) is 4.95. The predicted molar refractivity (Wildman–Crippen MR) is 126 cm³/mol. The Hall–Kier alpha value is -2.65. The first kappa shape index (κ1) is 21.6. The largest absolute Gasteiger partial charge is 0.465 e. The summed E-state index contributed by atoms with van der Waals surface area (Å²) in [5, 5.41) is 12.4. The number of hydrogen-bond donors (Lipinski definition) is 1. The van der Waals surface area contributed by atoms with Gasteiger partial charge in [-0.3, -0.25) is 0 Å². The van der Waals surface area contributed by atoms with E-state index < -0.39 is 0 Å². The highest BCUT2D eigenvalue weighted by Crippen LogP contribution is 2.46. The molecule has 0 aliphatic heterocycles. The smallest absolute Gasteiger partial charge is 0.337 e. The van der Waals surface area contributed by atoms with Crippen molar-refractivity contribution < 1.29 is 14.6 Å². The molecule has 1 atom stereocenters. The third kappa shape index (κ3) is 3.87. The lowest BCUT2D eigenvalue weighted by Gasteiger charge is -2.42. The Bertz CT molecular complexity index is 1140. The third-order valence-electron chi connectivity index (χ3n) is 7.15. The third-order valence-corrected chi connectivity index (χ3v) is 7.15. The van der Waals surface area contributed by atoms with Gasteiger partial charge in [0, 0.05) is 5.92 Å². The van der Waals surface area contributed by atoms with E-state index in [1.54, 1.807) is 6.07 Å². The highest BCUT2D eigenvalue weighted by molar-refractivity contribution is 5.95. The second-order valence-electron chi connectivity index (χ2n) is 10.1. The van der Waals surface area contributed by atoms with Gasteiger partial charge < -0.3 is 9.84 Å². The van der Waals surface area contributed by atoms with Crippen LogP contribution in [0.2, 0.25) is 0 Å². The molecule has 3 heteroatoms. The summed E-state index contributed by atoms with van der Waals surface area (Å²) in [6, 6.07) is 18.6. The summed E-state index contributed by atoms with van der Waals surface area (Å²) in [6.07, 6.45) is 2.35. The average molecular weight is 417 g/mol. The molecule has 162 valence electrons. The van der Waals surface area contributed by atoms with Gasteiger partial charge in [0.15, 0.2) is 0 Å². The van der Waals surface area contributed by atoms with Crippen LogP contribution < -0.4 is 0 Å². The van der Waals surface area contributed by atoms with Crippen molar-refractivity contribution in [3.05, 3.63) is 82.4 Å². The van der Waals surface area contributed by atoms with Crippen LogP contribution in [-0.2, 0) is 15.6 Å². The molecule has 1 aliphatic carbocycles. The summed E-state index contributed by atoms with van der Waals surface area (Å²) in [5.74, 6) is -0.422. The Balaban J connectivity index is 1.75. The first-order chi connectivity index (χ1) is 14.7. The van der Waals surface area contributed by atoms with Crippen molar-refractivity contribution in [3.8, 4) is 0 Å². The number of hydrogen-bond acceptors (Lipinski definition) is 3. The van der Waals surface area contributed by atoms with Crippen molar-refractivity contribution in [2.45, 2.75) is 57.3 Å². The van der Waals surface area contributed by atoms with Crippen molar-refractivity contribution >= 4 is 16.7 Å². The van der Waals surface area contributed by atoms with Crippen LogP contribution in [0.1, 0.15) is 79.1 Å². The van der Waals surface area contributed by atoms with Gasteiger partial charge in [0.25, 0.3) is 0 Å². The van der Waals surface area contributed by atoms with E-state index in [9.17, 15) is 9.90 Å². The molecule has 1 unspecified atom stereocenters. The molecule has 0 saturated heterocycles. The molecule has 1 N–H and O–H groups in total. The molecule has 1 aliphatic rings. The van der Waals surface area contributed by atoms with Gasteiger partial charge in [-0.2, -0.15) is 0 Å². The highest BCUT2D eigenvalue weighted by atomic mass is 16.5. The second kappa shape index (κ2) is 7.80. The zero-order chi connectivity index (χ0) is 22.4. The number of esters is 1. The minimum Gasteiger partial charge on any atom is -0.465 e. The fourth-order valence-corrected chi connectivity index (χ4v) is 4.95. The SMILES string of the molecule is COC(=O)c1ccc2cc(C(CO)c3ccc4c(c3)C(C)(C)CCC4(C)C)ccc2c1. The van der Waals surface area contributed by atoms with Crippen LogP contribution in [0.15, 0.2) is 54.6 Å². The summed E-state index contributed by atoms with van der Waals surface area (Å²) < 4.78 is 4.83. The van der Waals surface area contributed by atoms with E-state index in [2.05, 4.69) is 58.0 Å². The molecule has 0 bridgehead atoms. The van der Waals surface area contributed by atoms with E-state index in [1.807, 2.05) is 18.2 Å². The lowest BCUT2D eigenvalue weighted by atomic mass is 9.62. The van der Waals surface area contributed by atoms with E-state index in [-0.39, 0.29) is 29.3 Å². The minimum absolute atomic E-state index is 0.0500. The molecular formula is C28H32O3. The Morgan fingerprint density at radius 2 is 1.45 bits per heavy atom. The summed E-state index contributed by atoms with van der Waals surface area (Å²) in [6.45, 7) is 9.36. The van der Waals surface area contributed by atoms with E-state index >= 15 is 0 Å². The molecule has 0 amide bonds. The first-order valence-electron chi connectivity index (χ1n) is 11.0. The summed E-state index contributed by atoms with van der Waals surface area (Å²) in [5.41, 5.74) is 5.92. The quantitative estimate of drug-likeness (QED) is 0.523. The van der Waals surface area contributed by atoms with Gasteiger partial charge in [-0.05, 0) is 68.8 Å². The highest BCUT2D eigenvalue weighted by Gasteiger charge is 2.37. The molecular weight excluding hydrogens is 384 g/mol. The second-order valence-corrected chi connectivity index (χ2v) is 10.1. The molecule has 4 rings (SSSR count). The van der Waals surface area contributed by atoms with Crippen LogP contribution in [0.5, 0.6) is 0 Å². The Morgan fingerprint density at radius 1 is 0.871 bits per heavy atom. The minimum atomic E-state index is -0.334. The zero-order valence-corrected chi connectivity index (χ0v) is 19.2. The van der Waals surface area contributed by atoms with Crippen molar-refractivity contribution in [2.24, 2.45) is 0 Å². The number of aliphatic hydroxyl groups excluding tert-OH is 1. The molecule has 0 fully saturated rings. The van der Waals surface area contributed by atoms with E-state index in [1.165, 1.54) is 31.1 Å². The molecule has 0 radical (unpaired) electrons. The molecule has 3 aromatic rings. The van der Waals surface area contributed by atoms with E-state index in [4.69, 9.17) is 4.74 Å². The monoisotopic (exact) mass is 416 g/mol. The van der Waals surface area contributed by atoms with Crippen LogP contribution in [0.4, 0.5) is 0 Å². The molecule has 31 heavy (non-hydrogen) atoms. The van der Waals surface area contributed by atoms with Gasteiger partial charge in [-0.1, -0.05) is 70.2 Å². The number of benzene rings is 3. The maximum atomic E-state index is 11.8. The van der Waals surface area contributed by atoms with Crippen LogP contribution >= 0.6 is 0 Å². The number of rotatable bonds is 4. The molecule has 0 spiro atoms. The van der Waals surface area contributed by atoms with Crippen molar-refractivity contribution in [2.75, 3.05) is 13.7 Å². The van der Waals surface area contributed by atoms with Gasteiger partial charge in [-0.25, -0.2) is 4.79 Å². The zero-order valence-electron chi connectivity index (χ0n) is 19.2. The number of carbonyl (C=O) groups is 1. The summed E-state index contributed by atoms with van der Waals surface area (Å²) >= 11 is 0. The number of methoxy groups -OCH3 is 1. The number of carbonyl (C=O) groups excluding carboxylic acids is 1. The van der Waals surface area contributed by atoms with Crippen molar-refractivity contribution in [1.82, 2.24) is 0 Å². The van der Waals surface area contributed by atoms with Gasteiger partial charge >= 0.3 is 5.97 Å². The summed E-state index contributed by atoms with van der Waals surface area (Å²) in [7, 11) is 1.39. The fraction of sp³-hybridized carbons (Fsp3) is 0.393. The average Bonchev–Trinajstić information content (AvgIpc) is 2.76. The van der Waals surface area contributed by atoms with Crippen LogP contribution in [-0.4, -0.2) is 24.8 Å². The van der Waals surface area contributed by atoms with Gasteiger partial charge in [0.2, 0.25) is 0 Å². The maximum absolute atomic E-state index is 11.8. The van der Waals surface area contributed by atoms with Crippen LogP contribution in [0.25, 0.3) is 10.8 Å². The van der Waals surface area contributed by atoms with Gasteiger partial charge in [-0.15, -0.1) is 0 Å². The lowest BCUT2D eigenvalue weighted by Crippen LogP contribution is -2.34. The van der Waals surface area contributed by atoms with Gasteiger partial charge in [0.05, 0.1) is 19.3 Å². The van der Waals surface area contributed by atoms with E-state index in [0.717, 1.165) is 21.9 Å². The van der Waals surface area contributed by atoms with Crippen LogP contribution in [0.3, 0.4) is 0 Å². The molecule has 3 aromatic carbocycles. The van der Waals surface area contributed by atoms with Crippen molar-refractivity contribution in [3.63, 3.8) is 0 Å². The predicted octanol–water partition coefficient (Wildman–Crippen LogP) is 6.10. The molecule has 0 aromatic heterocycles. The number of fused-ring (bicyclic) bond motifs is 2. The molecule has 3 nitrogen and oxygen atoms in total. The molecule has 0 heterocycles. The van der Waals surface area contributed by atoms with Gasteiger partial charge in [0.1, 0.15) is 0 Å². The maximum Gasteiger partial charge on any atom is 0.337 e. The number of ether oxygens (including phenoxy) is 1. The first-order valence-corrected chi connectivity index (χ1v) is 11.0. The van der Waals surface area contributed by atoms with Crippen LogP contribution in [0, 0.1) is 0 Å². The number of aliphatic hydroxyl groups is 1. The Kier molecular flexibility index (Phi) is 5.43. The molecule has 0 saturated carbocycles. The van der Waals surface area contributed by atoms with Crippen molar-refractivity contribution in [1.29, 1.82) is 0 Å². The standard InChI is InChI=1S/C28H32O3/c1-27(2)12-13-28(3,4)25-16-21(10-11-24(25)27)23(17-29)20-8-6-19-15-22(26(30)31-5)9-7-18(19)14-20/h6-11,14-16,23,29H,12-13,17H2,1-5H3. The lowest BCUT2D eigenvalue weighted by molar-refractivity contribution is 0.0601. The Morgan fingerprint density at radius 3 is 2.13 bits per heavy atom. The Labute approximate surface area is 185 Å². The topological polar surface area (TPSA) is 46.5 Å². The summed E-state index contributed by atoms with van der Waals surface area (Å²) in [4.78, 5) is 11.8. The normalized spacial score (nSPS) is 17.7. The van der Waals surface area contributed by atoms with E-state index in [0.29, 0.717) is 5.56 Å².